The summed E-state index contributed by atoms with van der Waals surface area (Å²) in [5, 5.41) is 7.77. The van der Waals surface area contributed by atoms with E-state index >= 15 is 0 Å². The van der Waals surface area contributed by atoms with Gasteiger partial charge in [0.05, 0.1) is 5.69 Å². The normalized spacial score (nSPS) is 13.2. The summed E-state index contributed by atoms with van der Waals surface area (Å²) in [6.45, 7) is 3.54. The Bertz CT molecular complexity index is 720. The number of hydrogen-bond donors (Lipinski definition) is 1. The standard InChI is InChI=1S/C18H24N4O/c1-13-7-4-5-9-15(13)22-16-10-6-8-14(16)17(20-22)18(23)21(3)12-11-19-2/h4-5,7,9,19H,6,8,10-12H2,1-3H3. The predicted octanol–water partition coefficient (Wildman–Crippen LogP) is 1.96. The van der Waals surface area contributed by atoms with Gasteiger partial charge >= 0.3 is 0 Å². The van der Waals surface area contributed by atoms with Crippen molar-refractivity contribution in [2.75, 3.05) is 27.2 Å². The quantitative estimate of drug-likeness (QED) is 0.918. The SMILES string of the molecule is CNCCN(C)C(=O)c1nn(-c2ccccc2C)c2c1CCC2. The van der Waals surface area contributed by atoms with Crippen LogP contribution in [0.4, 0.5) is 0 Å². The molecule has 0 spiro atoms. The summed E-state index contributed by atoms with van der Waals surface area (Å²) in [6.07, 6.45) is 3.03. The Morgan fingerprint density at radius 2 is 2.13 bits per heavy atom. The second-order valence-electron chi connectivity index (χ2n) is 6.16. The van der Waals surface area contributed by atoms with Crippen molar-refractivity contribution >= 4 is 5.91 Å². The van der Waals surface area contributed by atoms with Crippen molar-refractivity contribution in [3.05, 3.63) is 46.8 Å². The number of para-hydroxylation sites is 1. The highest BCUT2D eigenvalue weighted by atomic mass is 16.2. The lowest BCUT2D eigenvalue weighted by atomic mass is 10.1. The summed E-state index contributed by atoms with van der Waals surface area (Å²) >= 11 is 0. The largest absolute Gasteiger partial charge is 0.339 e. The zero-order chi connectivity index (χ0) is 16.4. The van der Waals surface area contributed by atoms with Gasteiger partial charge in [0.1, 0.15) is 0 Å². The number of hydrogen-bond acceptors (Lipinski definition) is 3. The summed E-state index contributed by atoms with van der Waals surface area (Å²) in [7, 11) is 3.73. The molecule has 122 valence electrons. The second-order valence-corrected chi connectivity index (χ2v) is 6.16. The van der Waals surface area contributed by atoms with Crippen LogP contribution in [0, 0.1) is 6.92 Å². The lowest BCUT2D eigenvalue weighted by Crippen LogP contribution is -2.33. The molecule has 1 amide bonds. The molecule has 0 unspecified atom stereocenters. The van der Waals surface area contributed by atoms with Crippen LogP contribution in [-0.4, -0.2) is 47.8 Å². The minimum absolute atomic E-state index is 0.0192. The third-order valence-corrected chi connectivity index (χ3v) is 4.52. The van der Waals surface area contributed by atoms with Crippen molar-refractivity contribution in [1.29, 1.82) is 0 Å². The van der Waals surface area contributed by atoms with Crippen molar-refractivity contribution in [3.63, 3.8) is 0 Å². The maximum atomic E-state index is 12.8. The maximum absolute atomic E-state index is 12.8. The first-order chi connectivity index (χ1) is 11.1. The van der Waals surface area contributed by atoms with E-state index in [-0.39, 0.29) is 5.91 Å². The predicted molar refractivity (Wildman–Crippen MR) is 91.2 cm³/mol. The fraction of sp³-hybridized carbons (Fsp3) is 0.444. The van der Waals surface area contributed by atoms with E-state index in [1.54, 1.807) is 4.90 Å². The Labute approximate surface area is 137 Å². The van der Waals surface area contributed by atoms with Crippen LogP contribution in [0.1, 0.15) is 33.7 Å². The van der Waals surface area contributed by atoms with Gasteiger partial charge in [0.25, 0.3) is 5.91 Å². The number of carbonyl (C=O) groups is 1. The maximum Gasteiger partial charge on any atom is 0.274 e. The molecule has 1 aliphatic carbocycles. The highest BCUT2D eigenvalue weighted by Crippen LogP contribution is 2.29. The highest BCUT2D eigenvalue weighted by molar-refractivity contribution is 5.94. The fourth-order valence-electron chi connectivity index (χ4n) is 3.17. The summed E-state index contributed by atoms with van der Waals surface area (Å²) in [4.78, 5) is 14.5. The zero-order valence-corrected chi connectivity index (χ0v) is 14.1. The molecular weight excluding hydrogens is 288 g/mol. The molecule has 5 heteroatoms. The molecular formula is C18H24N4O. The van der Waals surface area contributed by atoms with E-state index in [4.69, 9.17) is 5.10 Å². The van der Waals surface area contributed by atoms with Gasteiger partial charge in [-0.1, -0.05) is 18.2 Å². The number of nitrogens with zero attached hydrogens (tertiary/aromatic N) is 3. The molecule has 5 nitrogen and oxygen atoms in total. The van der Waals surface area contributed by atoms with E-state index in [9.17, 15) is 4.79 Å². The van der Waals surface area contributed by atoms with Crippen LogP contribution in [0.25, 0.3) is 5.69 Å². The van der Waals surface area contributed by atoms with E-state index < -0.39 is 0 Å². The van der Waals surface area contributed by atoms with Crippen LogP contribution in [0.5, 0.6) is 0 Å². The van der Waals surface area contributed by atoms with Gasteiger partial charge in [-0.3, -0.25) is 4.79 Å². The molecule has 1 N–H and O–H groups in total. The molecule has 1 aliphatic rings. The number of fused-ring (bicyclic) bond motifs is 1. The molecule has 3 rings (SSSR count). The molecule has 0 aliphatic heterocycles. The van der Waals surface area contributed by atoms with Gasteiger partial charge < -0.3 is 10.2 Å². The number of rotatable bonds is 5. The Kier molecular flexibility index (Phi) is 4.48. The number of carbonyl (C=O) groups excluding carboxylic acids is 1. The molecule has 2 aromatic rings. The van der Waals surface area contributed by atoms with Gasteiger partial charge in [0, 0.05) is 31.4 Å². The van der Waals surface area contributed by atoms with E-state index in [1.165, 1.54) is 11.3 Å². The third kappa shape index (κ3) is 2.88. The number of likely N-dealkylation sites (N-methyl/N-ethyl adjacent to an activating group) is 2. The van der Waals surface area contributed by atoms with Gasteiger partial charge in [-0.05, 0) is 44.9 Å². The number of nitrogens with one attached hydrogen (secondary N) is 1. The Balaban J connectivity index is 1.99. The van der Waals surface area contributed by atoms with Crippen molar-refractivity contribution in [1.82, 2.24) is 20.0 Å². The minimum Gasteiger partial charge on any atom is -0.339 e. The van der Waals surface area contributed by atoms with Crippen molar-refractivity contribution < 1.29 is 4.79 Å². The van der Waals surface area contributed by atoms with Crippen LogP contribution in [0.15, 0.2) is 24.3 Å². The average molecular weight is 312 g/mol. The molecule has 1 aromatic heterocycles. The van der Waals surface area contributed by atoms with Crippen LogP contribution in [0.2, 0.25) is 0 Å². The van der Waals surface area contributed by atoms with E-state index in [1.807, 2.05) is 30.9 Å². The van der Waals surface area contributed by atoms with Gasteiger partial charge in [-0.25, -0.2) is 4.68 Å². The van der Waals surface area contributed by atoms with E-state index in [0.717, 1.165) is 37.1 Å². The molecule has 0 saturated heterocycles. The number of aryl methyl sites for hydroxylation is 1. The molecule has 0 atom stereocenters. The lowest BCUT2D eigenvalue weighted by molar-refractivity contribution is 0.0789. The molecule has 0 fully saturated rings. The number of benzene rings is 1. The number of aromatic nitrogens is 2. The molecule has 23 heavy (non-hydrogen) atoms. The van der Waals surface area contributed by atoms with Gasteiger partial charge in [-0.15, -0.1) is 0 Å². The van der Waals surface area contributed by atoms with Gasteiger partial charge in [0.15, 0.2) is 5.69 Å². The fourth-order valence-corrected chi connectivity index (χ4v) is 3.17. The molecule has 1 aromatic carbocycles. The Hall–Kier alpha value is -2.14. The molecule has 0 bridgehead atoms. The second kappa shape index (κ2) is 6.54. The van der Waals surface area contributed by atoms with Crippen molar-refractivity contribution in [2.45, 2.75) is 26.2 Å². The minimum atomic E-state index is 0.0192. The summed E-state index contributed by atoms with van der Waals surface area (Å²) in [5.74, 6) is 0.0192. The van der Waals surface area contributed by atoms with Crippen LogP contribution in [0.3, 0.4) is 0 Å². The van der Waals surface area contributed by atoms with Crippen molar-refractivity contribution in [2.24, 2.45) is 0 Å². The van der Waals surface area contributed by atoms with Gasteiger partial charge in [0.2, 0.25) is 0 Å². The Morgan fingerprint density at radius 3 is 2.87 bits per heavy atom. The van der Waals surface area contributed by atoms with Crippen LogP contribution in [-0.2, 0) is 12.8 Å². The van der Waals surface area contributed by atoms with Crippen LogP contribution < -0.4 is 5.32 Å². The first-order valence-electron chi connectivity index (χ1n) is 8.20. The first kappa shape index (κ1) is 15.7. The summed E-state index contributed by atoms with van der Waals surface area (Å²) in [6, 6.07) is 8.20. The van der Waals surface area contributed by atoms with E-state index in [0.29, 0.717) is 12.2 Å². The zero-order valence-electron chi connectivity index (χ0n) is 14.1. The average Bonchev–Trinajstić information content (AvgIpc) is 3.15. The first-order valence-corrected chi connectivity index (χ1v) is 8.20. The topological polar surface area (TPSA) is 50.2 Å². The summed E-state index contributed by atoms with van der Waals surface area (Å²) < 4.78 is 1.98. The van der Waals surface area contributed by atoms with Gasteiger partial charge in [-0.2, -0.15) is 5.10 Å². The monoisotopic (exact) mass is 312 g/mol. The highest BCUT2D eigenvalue weighted by Gasteiger charge is 2.28. The lowest BCUT2D eigenvalue weighted by Gasteiger charge is -2.16. The smallest absolute Gasteiger partial charge is 0.274 e. The van der Waals surface area contributed by atoms with Crippen molar-refractivity contribution in [3.8, 4) is 5.69 Å². The van der Waals surface area contributed by atoms with Crippen LogP contribution >= 0.6 is 0 Å². The van der Waals surface area contributed by atoms with E-state index in [2.05, 4.69) is 24.4 Å². The molecule has 0 saturated carbocycles. The number of amides is 1. The molecule has 0 radical (unpaired) electrons. The third-order valence-electron chi connectivity index (χ3n) is 4.52. The Morgan fingerprint density at radius 1 is 1.35 bits per heavy atom. The molecule has 1 heterocycles. The summed E-state index contributed by atoms with van der Waals surface area (Å²) in [5.41, 5.74) is 5.20.